The lowest BCUT2D eigenvalue weighted by Crippen LogP contribution is -2.38. The summed E-state index contributed by atoms with van der Waals surface area (Å²) < 4.78 is 6.10. The number of hydrogen-bond donors (Lipinski definition) is 1. The van der Waals surface area contributed by atoms with Gasteiger partial charge in [-0.05, 0) is 60.6 Å². The minimum atomic E-state index is -0.543. The molecule has 1 aliphatic rings. The van der Waals surface area contributed by atoms with Crippen molar-refractivity contribution in [2.75, 3.05) is 13.1 Å². The molecule has 2 atom stereocenters. The number of aryl methyl sites for hydroxylation is 1. The Kier molecular flexibility index (Phi) is 7.69. The second-order valence-electron chi connectivity index (χ2n) is 9.78. The van der Waals surface area contributed by atoms with Gasteiger partial charge in [-0.2, -0.15) is 0 Å². The second-order valence-corrected chi connectivity index (χ2v) is 9.78. The van der Waals surface area contributed by atoms with E-state index >= 15 is 0 Å². The summed E-state index contributed by atoms with van der Waals surface area (Å²) in [4.78, 5) is 15.0. The van der Waals surface area contributed by atoms with Gasteiger partial charge in [0.05, 0.1) is 6.04 Å². The van der Waals surface area contributed by atoms with Gasteiger partial charge in [0.15, 0.2) is 6.10 Å². The number of nitrogens with zero attached hydrogens (tertiary/aromatic N) is 1. The Morgan fingerprint density at radius 2 is 1.82 bits per heavy atom. The molecule has 0 unspecified atom stereocenters. The van der Waals surface area contributed by atoms with Crippen LogP contribution < -0.4 is 10.1 Å². The molecule has 0 bridgehead atoms. The third kappa shape index (κ3) is 5.87. The van der Waals surface area contributed by atoms with Gasteiger partial charge in [0.2, 0.25) is 0 Å². The van der Waals surface area contributed by atoms with Gasteiger partial charge in [-0.25, -0.2) is 0 Å². The monoisotopic (exact) mass is 456 g/mol. The Bertz CT molecular complexity index is 1110. The van der Waals surface area contributed by atoms with Gasteiger partial charge >= 0.3 is 0 Å². The molecule has 0 saturated carbocycles. The Labute approximate surface area is 204 Å². The first-order valence-corrected chi connectivity index (χ1v) is 12.3. The Morgan fingerprint density at radius 3 is 2.56 bits per heavy atom. The third-order valence-corrected chi connectivity index (χ3v) is 6.40. The van der Waals surface area contributed by atoms with Gasteiger partial charge in [0.1, 0.15) is 5.75 Å². The van der Waals surface area contributed by atoms with E-state index in [1.165, 1.54) is 27.8 Å². The van der Waals surface area contributed by atoms with E-state index in [-0.39, 0.29) is 11.9 Å². The van der Waals surface area contributed by atoms with Gasteiger partial charge in [-0.15, -0.1) is 0 Å². The second kappa shape index (κ2) is 10.9. The fraction of sp³-hybridized carbons (Fsp3) is 0.367. The number of benzene rings is 3. The van der Waals surface area contributed by atoms with E-state index in [0.29, 0.717) is 12.5 Å². The van der Waals surface area contributed by atoms with E-state index in [9.17, 15) is 4.79 Å². The lowest BCUT2D eigenvalue weighted by molar-refractivity contribution is -0.127. The van der Waals surface area contributed by atoms with Gasteiger partial charge in [-0.1, -0.05) is 80.1 Å². The summed E-state index contributed by atoms with van der Waals surface area (Å²) in [5.74, 6) is 1.07. The van der Waals surface area contributed by atoms with Crippen molar-refractivity contribution >= 4 is 5.91 Å². The van der Waals surface area contributed by atoms with Crippen molar-refractivity contribution in [1.82, 2.24) is 10.2 Å². The first kappa shape index (κ1) is 24.0. The lowest BCUT2D eigenvalue weighted by Gasteiger charge is -2.38. The molecular formula is C30H36N2O2. The van der Waals surface area contributed by atoms with Crippen LogP contribution in [-0.4, -0.2) is 30.0 Å². The first-order chi connectivity index (χ1) is 16.4. The molecule has 1 heterocycles. The van der Waals surface area contributed by atoms with Crippen molar-refractivity contribution in [3.8, 4) is 5.75 Å². The van der Waals surface area contributed by atoms with Crippen LogP contribution in [0.25, 0.3) is 0 Å². The van der Waals surface area contributed by atoms with E-state index in [1.54, 1.807) is 0 Å². The van der Waals surface area contributed by atoms with E-state index in [4.69, 9.17) is 4.74 Å². The lowest BCUT2D eigenvalue weighted by atomic mass is 9.87. The topological polar surface area (TPSA) is 41.6 Å². The minimum Gasteiger partial charge on any atom is -0.481 e. The summed E-state index contributed by atoms with van der Waals surface area (Å²) in [6, 6.07) is 25.9. The van der Waals surface area contributed by atoms with Crippen molar-refractivity contribution < 1.29 is 9.53 Å². The number of amides is 1. The van der Waals surface area contributed by atoms with E-state index in [2.05, 4.69) is 97.7 Å². The fourth-order valence-electron chi connectivity index (χ4n) is 4.67. The number of rotatable bonds is 8. The van der Waals surface area contributed by atoms with Gasteiger partial charge in [0, 0.05) is 19.6 Å². The summed E-state index contributed by atoms with van der Waals surface area (Å²) in [6.45, 7) is 10.7. The molecule has 178 valence electrons. The Morgan fingerprint density at radius 1 is 1.03 bits per heavy atom. The molecule has 0 fully saturated rings. The van der Waals surface area contributed by atoms with Crippen LogP contribution in [0.15, 0.2) is 72.8 Å². The normalized spacial score (nSPS) is 16.7. The predicted octanol–water partition coefficient (Wildman–Crippen LogP) is 5.68. The van der Waals surface area contributed by atoms with Crippen LogP contribution in [0.3, 0.4) is 0 Å². The molecule has 1 amide bonds. The highest BCUT2D eigenvalue weighted by atomic mass is 16.5. The van der Waals surface area contributed by atoms with Crippen molar-refractivity contribution in [1.29, 1.82) is 0 Å². The molecule has 0 saturated heterocycles. The molecule has 4 nitrogen and oxygen atoms in total. The highest BCUT2D eigenvalue weighted by Crippen LogP contribution is 2.38. The maximum atomic E-state index is 12.5. The van der Waals surface area contributed by atoms with Crippen LogP contribution in [0.5, 0.6) is 5.75 Å². The van der Waals surface area contributed by atoms with Crippen LogP contribution in [0.2, 0.25) is 0 Å². The van der Waals surface area contributed by atoms with Gasteiger partial charge in [0.25, 0.3) is 5.91 Å². The van der Waals surface area contributed by atoms with Gasteiger partial charge < -0.3 is 10.1 Å². The quantitative estimate of drug-likeness (QED) is 0.474. The van der Waals surface area contributed by atoms with Crippen molar-refractivity contribution in [2.24, 2.45) is 5.92 Å². The van der Waals surface area contributed by atoms with Crippen LogP contribution in [0.4, 0.5) is 0 Å². The minimum absolute atomic E-state index is 0.0768. The largest absolute Gasteiger partial charge is 0.481 e. The van der Waals surface area contributed by atoms with Crippen molar-refractivity contribution in [3.05, 3.63) is 101 Å². The molecule has 0 aliphatic carbocycles. The summed E-state index contributed by atoms with van der Waals surface area (Å²) in [6.07, 6.45) is 0.453. The number of fused-ring (bicyclic) bond motifs is 1. The highest BCUT2D eigenvalue weighted by molar-refractivity contribution is 5.80. The molecule has 0 radical (unpaired) electrons. The van der Waals surface area contributed by atoms with Gasteiger partial charge in [-0.3, -0.25) is 9.69 Å². The number of carbonyl (C=O) groups excluding carboxylic acids is 1. The molecule has 3 aromatic rings. The summed E-state index contributed by atoms with van der Waals surface area (Å²) >= 11 is 0. The van der Waals surface area contributed by atoms with E-state index in [0.717, 1.165) is 25.3 Å². The summed E-state index contributed by atoms with van der Waals surface area (Å²) in [7, 11) is 0. The zero-order valence-corrected chi connectivity index (χ0v) is 20.8. The standard InChI is InChI=1S/C30H36N2O2/c1-21(2)19-31-30(33)23(4)34-27-14-13-25-15-16-32(20-24-10-8-9-22(3)17-24)29(28(25)18-27)26-11-6-5-7-12-26/h5-14,17-18,21,23,29H,15-16,19-20H2,1-4H3,(H,31,33)/t23-,29+/m0/s1. The smallest absolute Gasteiger partial charge is 0.260 e. The molecule has 3 aromatic carbocycles. The molecular weight excluding hydrogens is 420 g/mol. The number of carbonyl (C=O) groups is 1. The molecule has 0 spiro atoms. The molecule has 0 aromatic heterocycles. The molecule has 4 rings (SSSR count). The third-order valence-electron chi connectivity index (χ3n) is 6.40. The van der Waals surface area contributed by atoms with E-state index < -0.39 is 6.10 Å². The Hall–Kier alpha value is -3.11. The Balaban J connectivity index is 1.61. The molecule has 1 aliphatic heterocycles. The molecule has 34 heavy (non-hydrogen) atoms. The number of hydrogen-bond acceptors (Lipinski definition) is 3. The first-order valence-electron chi connectivity index (χ1n) is 12.3. The summed E-state index contributed by atoms with van der Waals surface area (Å²) in [5, 5.41) is 2.97. The van der Waals surface area contributed by atoms with Crippen LogP contribution in [0, 0.1) is 12.8 Å². The SMILES string of the molecule is Cc1cccc(CN2CCc3ccc(O[C@@H](C)C(=O)NCC(C)C)cc3[C@H]2c2ccccc2)c1. The van der Waals surface area contributed by atoms with Crippen molar-refractivity contribution in [2.45, 2.75) is 52.8 Å². The van der Waals surface area contributed by atoms with E-state index in [1.807, 2.05) is 13.0 Å². The number of nitrogens with one attached hydrogen (secondary N) is 1. The van der Waals surface area contributed by atoms with Crippen LogP contribution in [0.1, 0.15) is 54.6 Å². The zero-order valence-electron chi connectivity index (χ0n) is 20.8. The van der Waals surface area contributed by atoms with Crippen LogP contribution >= 0.6 is 0 Å². The maximum Gasteiger partial charge on any atom is 0.260 e. The number of ether oxygens (including phenoxy) is 1. The highest BCUT2D eigenvalue weighted by Gasteiger charge is 2.29. The maximum absolute atomic E-state index is 12.5. The molecule has 4 heteroatoms. The van der Waals surface area contributed by atoms with Crippen LogP contribution in [-0.2, 0) is 17.8 Å². The predicted molar refractivity (Wildman–Crippen MR) is 138 cm³/mol. The zero-order chi connectivity index (χ0) is 24.1. The average molecular weight is 457 g/mol. The average Bonchev–Trinajstić information content (AvgIpc) is 2.83. The summed E-state index contributed by atoms with van der Waals surface area (Å²) in [5.41, 5.74) is 6.49. The fourth-order valence-corrected chi connectivity index (χ4v) is 4.67. The van der Waals surface area contributed by atoms with Crippen molar-refractivity contribution in [3.63, 3.8) is 0 Å². The molecule has 1 N–H and O–H groups in total.